The smallest absolute Gasteiger partial charge is 0.416 e. The number of aliphatic imine (C=N–C) groups is 1. The van der Waals surface area contributed by atoms with Crippen LogP contribution in [0, 0.1) is 0 Å². The van der Waals surface area contributed by atoms with Crippen LogP contribution >= 0.6 is 11.6 Å². The van der Waals surface area contributed by atoms with Gasteiger partial charge in [-0.3, -0.25) is 10.3 Å². The van der Waals surface area contributed by atoms with E-state index in [1.54, 1.807) is 12.1 Å². The van der Waals surface area contributed by atoms with Crippen LogP contribution in [-0.2, 0) is 6.18 Å². The Hall–Kier alpha value is -3.03. The van der Waals surface area contributed by atoms with Gasteiger partial charge in [-0.2, -0.15) is 13.2 Å². The van der Waals surface area contributed by atoms with Crippen molar-refractivity contribution in [3.63, 3.8) is 0 Å². The molecule has 0 saturated heterocycles. The Labute approximate surface area is 194 Å². The largest absolute Gasteiger partial charge is 0.508 e. The molecule has 2 atom stereocenters. The summed E-state index contributed by atoms with van der Waals surface area (Å²) >= 11 is 6.16. The highest BCUT2D eigenvalue weighted by Crippen LogP contribution is 2.37. The quantitative estimate of drug-likeness (QED) is 0.433. The van der Waals surface area contributed by atoms with Crippen molar-refractivity contribution in [2.24, 2.45) is 4.99 Å². The number of nitrogens with zero attached hydrogens (tertiary/aromatic N) is 1. The number of benzene rings is 3. The average molecular weight is 475 g/mol. The Bertz CT molecular complexity index is 1150. The van der Waals surface area contributed by atoms with Gasteiger partial charge in [0.25, 0.3) is 0 Å². The highest BCUT2D eigenvalue weighted by molar-refractivity contribution is 6.30. The number of alkyl halides is 3. The number of hydrogen-bond acceptors (Lipinski definition) is 4. The third-order valence-corrected chi connectivity index (χ3v) is 5.69. The number of rotatable bonds is 5. The molecule has 0 saturated carbocycles. The number of ether oxygens (including phenoxy) is 1. The second-order valence-electron chi connectivity index (χ2n) is 7.68. The van der Waals surface area contributed by atoms with Gasteiger partial charge < -0.3 is 9.84 Å². The summed E-state index contributed by atoms with van der Waals surface area (Å²) in [6.45, 7) is 2.46. The molecule has 172 valence electrons. The summed E-state index contributed by atoms with van der Waals surface area (Å²) in [4.78, 5) is 4.79. The van der Waals surface area contributed by atoms with Crippen molar-refractivity contribution >= 4 is 17.3 Å². The summed E-state index contributed by atoms with van der Waals surface area (Å²) < 4.78 is 44.5. The molecule has 1 aliphatic rings. The SMILES string of the molecule is CCOc1ccc(C2=N[C@@H](c3ccc(C(F)(F)F)cc3)N[C@H](c3cc(Cl)ccc3O)C2)cc1. The number of phenols is 1. The van der Waals surface area contributed by atoms with Gasteiger partial charge in [0.15, 0.2) is 0 Å². The number of hydrogen-bond donors (Lipinski definition) is 2. The third-order valence-electron chi connectivity index (χ3n) is 5.46. The lowest BCUT2D eigenvalue weighted by atomic mass is 9.93. The maximum absolute atomic E-state index is 13.0. The zero-order valence-corrected chi connectivity index (χ0v) is 18.5. The van der Waals surface area contributed by atoms with Gasteiger partial charge in [-0.25, -0.2) is 0 Å². The Morgan fingerprint density at radius 1 is 1.06 bits per heavy atom. The maximum atomic E-state index is 13.0. The fraction of sp³-hybridized carbons (Fsp3) is 0.240. The van der Waals surface area contributed by atoms with Gasteiger partial charge in [-0.15, -0.1) is 0 Å². The fourth-order valence-electron chi connectivity index (χ4n) is 3.82. The van der Waals surface area contributed by atoms with Crippen LogP contribution in [0.25, 0.3) is 0 Å². The number of phenolic OH excluding ortho intramolecular Hbond substituents is 1. The van der Waals surface area contributed by atoms with E-state index in [-0.39, 0.29) is 11.8 Å². The molecule has 0 amide bonds. The fourth-order valence-corrected chi connectivity index (χ4v) is 4.00. The average Bonchev–Trinajstić information content (AvgIpc) is 2.80. The number of nitrogens with one attached hydrogen (secondary N) is 1. The van der Waals surface area contributed by atoms with Gasteiger partial charge in [0, 0.05) is 28.8 Å². The van der Waals surface area contributed by atoms with Crippen molar-refractivity contribution in [3.05, 3.63) is 94.0 Å². The monoisotopic (exact) mass is 474 g/mol. The summed E-state index contributed by atoms with van der Waals surface area (Å²) in [7, 11) is 0. The van der Waals surface area contributed by atoms with E-state index in [9.17, 15) is 18.3 Å². The first-order valence-corrected chi connectivity index (χ1v) is 10.8. The highest BCUT2D eigenvalue weighted by Gasteiger charge is 2.31. The van der Waals surface area contributed by atoms with Crippen molar-refractivity contribution in [2.45, 2.75) is 31.7 Å². The Morgan fingerprint density at radius 3 is 2.39 bits per heavy atom. The molecule has 3 aromatic carbocycles. The van der Waals surface area contributed by atoms with Gasteiger partial charge in [0.2, 0.25) is 0 Å². The molecular weight excluding hydrogens is 453 g/mol. The van der Waals surface area contributed by atoms with Gasteiger partial charge in [0.05, 0.1) is 12.2 Å². The minimum Gasteiger partial charge on any atom is -0.508 e. The molecule has 1 heterocycles. The van der Waals surface area contributed by atoms with E-state index in [0.29, 0.717) is 29.2 Å². The van der Waals surface area contributed by atoms with E-state index in [0.717, 1.165) is 29.2 Å². The zero-order valence-electron chi connectivity index (χ0n) is 17.7. The van der Waals surface area contributed by atoms with Gasteiger partial charge >= 0.3 is 6.18 Å². The molecule has 0 unspecified atom stereocenters. The summed E-state index contributed by atoms with van der Waals surface area (Å²) in [5.41, 5.74) is 2.08. The minimum atomic E-state index is -4.41. The van der Waals surface area contributed by atoms with E-state index in [4.69, 9.17) is 21.3 Å². The maximum Gasteiger partial charge on any atom is 0.416 e. The van der Waals surface area contributed by atoms with Crippen molar-refractivity contribution in [2.75, 3.05) is 6.61 Å². The van der Waals surface area contributed by atoms with Crippen LogP contribution in [0.15, 0.2) is 71.7 Å². The molecule has 4 nitrogen and oxygen atoms in total. The van der Waals surface area contributed by atoms with Crippen LogP contribution in [-0.4, -0.2) is 17.4 Å². The molecule has 0 radical (unpaired) electrons. The first-order chi connectivity index (χ1) is 15.7. The molecule has 0 fully saturated rings. The first-order valence-electron chi connectivity index (χ1n) is 10.5. The van der Waals surface area contributed by atoms with Crippen LogP contribution in [0.4, 0.5) is 13.2 Å². The van der Waals surface area contributed by atoms with Crippen LogP contribution in [0.5, 0.6) is 11.5 Å². The van der Waals surface area contributed by atoms with Crippen LogP contribution in [0.1, 0.15) is 47.8 Å². The molecule has 3 aromatic rings. The second kappa shape index (κ2) is 9.45. The summed E-state index contributed by atoms with van der Waals surface area (Å²) in [5, 5.41) is 14.2. The topological polar surface area (TPSA) is 53.8 Å². The van der Waals surface area contributed by atoms with E-state index in [1.165, 1.54) is 18.2 Å². The van der Waals surface area contributed by atoms with Gasteiger partial charge in [0.1, 0.15) is 17.7 Å². The van der Waals surface area contributed by atoms with Crippen molar-refractivity contribution < 1.29 is 23.0 Å². The third kappa shape index (κ3) is 5.31. The Balaban J connectivity index is 1.72. The summed E-state index contributed by atoms with van der Waals surface area (Å²) in [6, 6.07) is 16.9. The van der Waals surface area contributed by atoms with Gasteiger partial charge in [-0.05, 0) is 72.6 Å². The van der Waals surface area contributed by atoms with E-state index >= 15 is 0 Å². The molecule has 4 rings (SSSR count). The molecule has 0 aromatic heterocycles. The normalized spacial score (nSPS) is 18.6. The molecular formula is C25H22ClF3N2O2. The van der Waals surface area contributed by atoms with E-state index < -0.39 is 17.9 Å². The predicted octanol–water partition coefficient (Wildman–Crippen LogP) is 6.69. The first kappa shape index (κ1) is 23.1. The van der Waals surface area contributed by atoms with E-state index in [2.05, 4.69) is 5.32 Å². The molecule has 1 aliphatic heterocycles. The molecule has 0 bridgehead atoms. The molecule has 33 heavy (non-hydrogen) atoms. The van der Waals surface area contributed by atoms with Crippen LogP contribution < -0.4 is 10.1 Å². The lowest BCUT2D eigenvalue weighted by Crippen LogP contribution is -2.33. The lowest BCUT2D eigenvalue weighted by molar-refractivity contribution is -0.137. The van der Waals surface area contributed by atoms with Crippen molar-refractivity contribution in [3.8, 4) is 11.5 Å². The Kier molecular flexibility index (Phi) is 6.63. The number of halogens is 4. The molecule has 8 heteroatoms. The summed E-state index contributed by atoms with van der Waals surface area (Å²) in [5.74, 6) is 0.815. The highest BCUT2D eigenvalue weighted by atomic mass is 35.5. The standard InChI is InChI=1S/C25H22ClF3N2O2/c1-2-33-19-10-5-15(6-11-19)21-14-22(20-13-18(26)9-12-23(20)32)31-24(30-21)16-3-7-17(8-4-16)25(27,28)29/h3-13,22,24,31-32H,2,14H2,1H3/t22-,24+/m0/s1. The Morgan fingerprint density at radius 2 is 1.76 bits per heavy atom. The van der Waals surface area contributed by atoms with E-state index in [1.807, 2.05) is 31.2 Å². The molecule has 2 N–H and O–H groups in total. The van der Waals surface area contributed by atoms with Gasteiger partial charge in [-0.1, -0.05) is 23.7 Å². The van der Waals surface area contributed by atoms with Crippen LogP contribution in [0.3, 0.4) is 0 Å². The lowest BCUT2D eigenvalue weighted by Gasteiger charge is -2.31. The predicted molar refractivity (Wildman–Crippen MR) is 122 cm³/mol. The minimum absolute atomic E-state index is 0.0796. The van der Waals surface area contributed by atoms with Crippen molar-refractivity contribution in [1.82, 2.24) is 5.32 Å². The second-order valence-corrected chi connectivity index (χ2v) is 8.12. The molecule has 0 spiro atoms. The van der Waals surface area contributed by atoms with Crippen LogP contribution in [0.2, 0.25) is 5.02 Å². The molecule has 0 aliphatic carbocycles. The zero-order chi connectivity index (χ0) is 23.6. The summed E-state index contributed by atoms with van der Waals surface area (Å²) in [6.07, 6.45) is -4.56. The van der Waals surface area contributed by atoms with Crippen molar-refractivity contribution in [1.29, 1.82) is 0 Å². The number of aromatic hydroxyl groups is 1.